The van der Waals surface area contributed by atoms with Crippen molar-refractivity contribution in [2.75, 3.05) is 23.7 Å². The molecule has 0 atom stereocenters. The summed E-state index contributed by atoms with van der Waals surface area (Å²) < 4.78 is 0. The molecule has 0 unspecified atom stereocenters. The standard InChI is InChI=1S/C18H19N3O2S/c22-17(20-11-8-14-5-3-4-10-19-14)9-12-21-15-6-1-2-7-16(15)24-13-18(21)23/h1-7,10H,8-9,11-13H2,(H,20,22). The van der Waals surface area contributed by atoms with Gasteiger partial charge in [0.05, 0.1) is 11.4 Å². The molecule has 6 heteroatoms. The number of amides is 2. The fraction of sp³-hybridized carbons (Fsp3) is 0.278. The zero-order valence-electron chi connectivity index (χ0n) is 13.3. The number of rotatable bonds is 6. The predicted octanol–water partition coefficient (Wildman–Crippen LogP) is 2.27. The molecule has 0 saturated heterocycles. The van der Waals surface area contributed by atoms with Crippen LogP contribution in [0.4, 0.5) is 5.69 Å². The van der Waals surface area contributed by atoms with Crippen LogP contribution in [0.2, 0.25) is 0 Å². The van der Waals surface area contributed by atoms with E-state index < -0.39 is 0 Å². The topological polar surface area (TPSA) is 62.3 Å². The molecule has 1 aromatic carbocycles. The van der Waals surface area contributed by atoms with Gasteiger partial charge < -0.3 is 10.2 Å². The summed E-state index contributed by atoms with van der Waals surface area (Å²) in [6.07, 6.45) is 2.75. The molecule has 1 aromatic heterocycles. The van der Waals surface area contributed by atoms with Crippen molar-refractivity contribution in [2.45, 2.75) is 17.7 Å². The first kappa shape index (κ1) is 16.5. The first-order valence-electron chi connectivity index (χ1n) is 7.93. The molecule has 0 spiro atoms. The number of para-hydroxylation sites is 1. The van der Waals surface area contributed by atoms with Gasteiger partial charge in [0.15, 0.2) is 0 Å². The molecule has 0 radical (unpaired) electrons. The van der Waals surface area contributed by atoms with E-state index in [1.807, 2.05) is 42.5 Å². The van der Waals surface area contributed by atoms with Crippen LogP contribution < -0.4 is 10.2 Å². The maximum atomic E-state index is 12.1. The van der Waals surface area contributed by atoms with E-state index in [9.17, 15) is 9.59 Å². The molecule has 3 rings (SSSR count). The summed E-state index contributed by atoms with van der Waals surface area (Å²) >= 11 is 1.55. The van der Waals surface area contributed by atoms with Crippen molar-refractivity contribution in [1.82, 2.24) is 10.3 Å². The Balaban J connectivity index is 1.48. The Labute approximate surface area is 145 Å². The number of aromatic nitrogens is 1. The highest BCUT2D eigenvalue weighted by Gasteiger charge is 2.24. The molecule has 2 aromatic rings. The van der Waals surface area contributed by atoms with E-state index in [0.717, 1.165) is 16.3 Å². The molecule has 2 amide bonds. The zero-order valence-corrected chi connectivity index (χ0v) is 14.1. The summed E-state index contributed by atoms with van der Waals surface area (Å²) in [4.78, 5) is 31.2. The molecule has 1 aliphatic rings. The van der Waals surface area contributed by atoms with Crippen LogP contribution in [0.1, 0.15) is 12.1 Å². The van der Waals surface area contributed by atoms with Gasteiger partial charge in [-0.3, -0.25) is 14.6 Å². The van der Waals surface area contributed by atoms with Gasteiger partial charge in [0.1, 0.15) is 0 Å². The van der Waals surface area contributed by atoms with Crippen LogP contribution in [0.5, 0.6) is 0 Å². The van der Waals surface area contributed by atoms with Gasteiger partial charge in [-0.25, -0.2) is 0 Å². The van der Waals surface area contributed by atoms with Crippen LogP contribution in [0.25, 0.3) is 0 Å². The third-order valence-corrected chi connectivity index (χ3v) is 4.85. The summed E-state index contributed by atoms with van der Waals surface area (Å²) in [6.45, 7) is 0.960. The first-order valence-corrected chi connectivity index (χ1v) is 8.91. The van der Waals surface area contributed by atoms with Crippen LogP contribution in [-0.2, 0) is 16.0 Å². The maximum absolute atomic E-state index is 12.1. The van der Waals surface area contributed by atoms with E-state index >= 15 is 0 Å². The SMILES string of the molecule is O=C(CCN1C(=O)CSc2ccccc21)NCCc1ccccn1. The third-order valence-electron chi connectivity index (χ3n) is 3.80. The summed E-state index contributed by atoms with van der Waals surface area (Å²) in [5.41, 5.74) is 1.86. The maximum Gasteiger partial charge on any atom is 0.237 e. The molecule has 1 N–H and O–H groups in total. The second kappa shape index (κ2) is 7.97. The Morgan fingerprint density at radius 2 is 2.04 bits per heavy atom. The number of fused-ring (bicyclic) bond motifs is 1. The lowest BCUT2D eigenvalue weighted by Crippen LogP contribution is -2.38. The average Bonchev–Trinajstić information content (AvgIpc) is 2.62. The molecular formula is C18H19N3O2S. The fourth-order valence-electron chi connectivity index (χ4n) is 2.58. The number of anilines is 1. The predicted molar refractivity (Wildman–Crippen MR) is 95.1 cm³/mol. The highest BCUT2D eigenvalue weighted by Crippen LogP contribution is 2.34. The van der Waals surface area contributed by atoms with Gasteiger partial charge in [-0.05, 0) is 24.3 Å². The van der Waals surface area contributed by atoms with E-state index in [1.165, 1.54) is 0 Å². The smallest absolute Gasteiger partial charge is 0.237 e. The molecule has 2 heterocycles. The lowest BCUT2D eigenvalue weighted by atomic mass is 10.2. The molecule has 0 saturated carbocycles. The number of hydrogen-bond acceptors (Lipinski definition) is 4. The van der Waals surface area contributed by atoms with E-state index in [1.54, 1.807) is 22.9 Å². The van der Waals surface area contributed by atoms with Crippen molar-refractivity contribution in [3.63, 3.8) is 0 Å². The zero-order chi connectivity index (χ0) is 16.8. The molecule has 0 fully saturated rings. The quantitative estimate of drug-likeness (QED) is 0.875. The summed E-state index contributed by atoms with van der Waals surface area (Å²) in [6, 6.07) is 13.6. The van der Waals surface area contributed by atoms with Crippen molar-refractivity contribution in [2.24, 2.45) is 0 Å². The Hall–Kier alpha value is -2.34. The van der Waals surface area contributed by atoms with Gasteiger partial charge in [-0.2, -0.15) is 0 Å². The number of hydrogen-bond donors (Lipinski definition) is 1. The van der Waals surface area contributed by atoms with Crippen LogP contribution in [0, 0.1) is 0 Å². The first-order chi connectivity index (χ1) is 11.7. The lowest BCUT2D eigenvalue weighted by molar-refractivity contribution is -0.121. The fourth-order valence-corrected chi connectivity index (χ4v) is 3.51. The Morgan fingerprint density at radius 1 is 1.21 bits per heavy atom. The largest absolute Gasteiger partial charge is 0.356 e. The Bertz CT molecular complexity index is 721. The van der Waals surface area contributed by atoms with Gasteiger partial charge in [-0.1, -0.05) is 18.2 Å². The van der Waals surface area contributed by atoms with Crippen molar-refractivity contribution in [3.8, 4) is 0 Å². The summed E-state index contributed by atoms with van der Waals surface area (Å²) in [5, 5.41) is 2.89. The van der Waals surface area contributed by atoms with E-state index in [-0.39, 0.29) is 11.8 Å². The van der Waals surface area contributed by atoms with Crippen molar-refractivity contribution < 1.29 is 9.59 Å². The van der Waals surface area contributed by atoms with Gasteiger partial charge in [0.2, 0.25) is 11.8 Å². The highest BCUT2D eigenvalue weighted by atomic mass is 32.2. The van der Waals surface area contributed by atoms with Crippen molar-refractivity contribution >= 4 is 29.3 Å². The van der Waals surface area contributed by atoms with Crippen LogP contribution in [0.15, 0.2) is 53.6 Å². The van der Waals surface area contributed by atoms with Crippen molar-refractivity contribution in [1.29, 1.82) is 0 Å². The minimum Gasteiger partial charge on any atom is -0.356 e. The van der Waals surface area contributed by atoms with Gasteiger partial charge >= 0.3 is 0 Å². The monoisotopic (exact) mass is 341 g/mol. The number of nitrogens with one attached hydrogen (secondary N) is 1. The van der Waals surface area contributed by atoms with Crippen LogP contribution in [0.3, 0.4) is 0 Å². The van der Waals surface area contributed by atoms with Gasteiger partial charge in [-0.15, -0.1) is 11.8 Å². The number of carbonyl (C=O) groups excluding carboxylic acids is 2. The average molecular weight is 341 g/mol. The molecule has 124 valence electrons. The molecule has 1 aliphatic heterocycles. The molecule has 0 bridgehead atoms. The number of pyridine rings is 1. The highest BCUT2D eigenvalue weighted by molar-refractivity contribution is 8.00. The van der Waals surface area contributed by atoms with E-state index in [0.29, 0.717) is 31.7 Å². The second-order valence-electron chi connectivity index (χ2n) is 5.47. The van der Waals surface area contributed by atoms with Gasteiger partial charge in [0, 0.05) is 42.7 Å². The Morgan fingerprint density at radius 3 is 2.88 bits per heavy atom. The second-order valence-corrected chi connectivity index (χ2v) is 6.49. The molecular weight excluding hydrogens is 322 g/mol. The summed E-state index contributed by atoms with van der Waals surface area (Å²) in [7, 11) is 0. The van der Waals surface area contributed by atoms with Crippen molar-refractivity contribution in [3.05, 3.63) is 54.4 Å². The van der Waals surface area contributed by atoms with E-state index in [4.69, 9.17) is 0 Å². The van der Waals surface area contributed by atoms with Gasteiger partial charge in [0.25, 0.3) is 0 Å². The van der Waals surface area contributed by atoms with E-state index in [2.05, 4.69) is 10.3 Å². The minimum atomic E-state index is -0.0468. The van der Waals surface area contributed by atoms with Crippen LogP contribution in [-0.4, -0.2) is 35.6 Å². The number of carbonyl (C=O) groups is 2. The Kier molecular flexibility index (Phi) is 5.48. The van der Waals surface area contributed by atoms with Crippen LogP contribution >= 0.6 is 11.8 Å². The molecule has 5 nitrogen and oxygen atoms in total. The molecule has 0 aliphatic carbocycles. The minimum absolute atomic E-state index is 0.0468. The normalized spacial score (nSPS) is 13.5. The number of nitrogens with zero attached hydrogens (tertiary/aromatic N) is 2. The third kappa shape index (κ3) is 4.14. The molecule has 24 heavy (non-hydrogen) atoms. The lowest BCUT2D eigenvalue weighted by Gasteiger charge is -2.28. The summed E-state index contributed by atoms with van der Waals surface area (Å²) in [5.74, 6) is 0.438. The number of benzene rings is 1. The number of thioether (sulfide) groups is 1.